The van der Waals surface area contributed by atoms with Crippen LogP contribution < -0.4 is 0 Å². The van der Waals surface area contributed by atoms with Crippen LogP contribution in [0.3, 0.4) is 0 Å². The Morgan fingerprint density at radius 2 is 1.88 bits per heavy atom. The van der Waals surface area contributed by atoms with Gasteiger partial charge in [0.05, 0.1) is 15.7 Å². The maximum absolute atomic E-state index is 6.16. The van der Waals surface area contributed by atoms with Crippen molar-refractivity contribution in [3.05, 3.63) is 68.9 Å². The molecule has 2 aromatic carbocycles. The van der Waals surface area contributed by atoms with Crippen molar-refractivity contribution in [1.82, 2.24) is 14.8 Å². The van der Waals surface area contributed by atoms with Gasteiger partial charge in [0, 0.05) is 17.9 Å². The summed E-state index contributed by atoms with van der Waals surface area (Å²) in [6, 6.07) is 13.2. The summed E-state index contributed by atoms with van der Waals surface area (Å²) in [5.74, 6) is 1.40. The van der Waals surface area contributed by atoms with E-state index in [1.165, 1.54) is 0 Å². The second-order valence-electron chi connectivity index (χ2n) is 5.18. The predicted molar refractivity (Wildman–Crippen MR) is 103 cm³/mol. The summed E-state index contributed by atoms with van der Waals surface area (Å²) >= 11 is 19.8. The van der Waals surface area contributed by atoms with E-state index in [1.807, 2.05) is 34.9 Å². The van der Waals surface area contributed by atoms with Gasteiger partial charge in [-0.1, -0.05) is 58.7 Å². The summed E-state index contributed by atoms with van der Waals surface area (Å²) in [5, 5.41) is 10.9. The maximum atomic E-state index is 6.16. The van der Waals surface area contributed by atoms with Crippen molar-refractivity contribution in [3.8, 4) is 5.69 Å². The highest BCUT2D eigenvalue weighted by Crippen LogP contribution is 2.30. The number of hydrogen-bond acceptors (Lipinski definition) is 4. The Hall–Kier alpha value is -1.24. The second-order valence-corrected chi connectivity index (χ2v) is 7.38. The van der Waals surface area contributed by atoms with Gasteiger partial charge in [0.25, 0.3) is 0 Å². The second kappa shape index (κ2) is 8.43. The minimum absolute atomic E-state index is 0.338. The lowest BCUT2D eigenvalue weighted by molar-refractivity contribution is 0.176. The van der Waals surface area contributed by atoms with Crippen molar-refractivity contribution >= 4 is 46.6 Å². The highest BCUT2D eigenvalue weighted by molar-refractivity contribution is 7.98. The molecule has 130 valence electrons. The molecule has 0 saturated heterocycles. The maximum Gasteiger partial charge on any atom is 0.196 e. The first-order valence-electron chi connectivity index (χ1n) is 7.34. The van der Waals surface area contributed by atoms with Gasteiger partial charge in [-0.3, -0.25) is 4.57 Å². The first kappa shape index (κ1) is 18.5. The summed E-state index contributed by atoms with van der Waals surface area (Å²) < 4.78 is 7.14. The predicted octanol–water partition coefficient (Wildman–Crippen LogP) is 5.67. The monoisotopic (exact) mass is 413 g/mol. The molecule has 0 radical (unpaired) electrons. The fourth-order valence-corrected chi connectivity index (χ4v) is 3.69. The lowest BCUT2D eigenvalue weighted by atomic mass is 10.2. The van der Waals surface area contributed by atoms with Crippen molar-refractivity contribution < 1.29 is 4.74 Å². The van der Waals surface area contributed by atoms with Crippen molar-refractivity contribution in [1.29, 1.82) is 0 Å². The van der Waals surface area contributed by atoms with Gasteiger partial charge in [0.2, 0.25) is 0 Å². The van der Waals surface area contributed by atoms with E-state index in [-0.39, 0.29) is 0 Å². The van der Waals surface area contributed by atoms with Crippen molar-refractivity contribution in [2.24, 2.45) is 0 Å². The van der Waals surface area contributed by atoms with E-state index in [4.69, 9.17) is 39.5 Å². The van der Waals surface area contributed by atoms with Gasteiger partial charge >= 0.3 is 0 Å². The minimum atomic E-state index is 0.338. The Morgan fingerprint density at radius 3 is 2.60 bits per heavy atom. The quantitative estimate of drug-likeness (QED) is 0.487. The molecule has 0 aliphatic heterocycles. The van der Waals surface area contributed by atoms with Crippen LogP contribution in [0.4, 0.5) is 0 Å². The Labute approximate surface area is 165 Å². The zero-order valence-corrected chi connectivity index (χ0v) is 16.3. The third-order valence-electron chi connectivity index (χ3n) is 3.39. The summed E-state index contributed by atoms with van der Waals surface area (Å²) in [4.78, 5) is 0. The van der Waals surface area contributed by atoms with Gasteiger partial charge in [-0.15, -0.1) is 10.2 Å². The van der Waals surface area contributed by atoms with Crippen LogP contribution in [0.15, 0.2) is 47.6 Å². The van der Waals surface area contributed by atoms with Gasteiger partial charge in [0.15, 0.2) is 11.0 Å². The lowest BCUT2D eigenvalue weighted by Gasteiger charge is -2.11. The zero-order valence-electron chi connectivity index (χ0n) is 13.2. The number of benzene rings is 2. The Balaban J connectivity index is 1.92. The van der Waals surface area contributed by atoms with E-state index in [1.54, 1.807) is 31.0 Å². The number of aromatic nitrogens is 3. The van der Waals surface area contributed by atoms with Crippen LogP contribution in [0.5, 0.6) is 0 Å². The standard InChI is InChI=1S/C17H14Cl3N3OS/c1-24-9-16-21-22-17(25-10-11-3-2-4-12(18)7-11)23(16)13-5-6-14(19)15(20)8-13/h2-8H,9-10H2,1H3. The van der Waals surface area contributed by atoms with E-state index >= 15 is 0 Å². The van der Waals surface area contributed by atoms with E-state index in [0.717, 1.165) is 16.4 Å². The Kier molecular flexibility index (Phi) is 6.25. The van der Waals surface area contributed by atoms with Crippen molar-refractivity contribution in [3.63, 3.8) is 0 Å². The van der Waals surface area contributed by atoms with Crippen LogP contribution in [-0.4, -0.2) is 21.9 Å². The van der Waals surface area contributed by atoms with Gasteiger partial charge in [-0.25, -0.2) is 0 Å². The smallest absolute Gasteiger partial charge is 0.196 e. The molecular weight excluding hydrogens is 401 g/mol. The molecule has 0 bridgehead atoms. The number of rotatable bonds is 6. The summed E-state index contributed by atoms with van der Waals surface area (Å²) in [6.45, 7) is 0.338. The van der Waals surface area contributed by atoms with Crippen LogP contribution in [0.2, 0.25) is 15.1 Å². The molecule has 3 rings (SSSR count). The summed E-state index contributed by atoms with van der Waals surface area (Å²) in [5.41, 5.74) is 1.94. The van der Waals surface area contributed by atoms with Crippen LogP contribution in [0.1, 0.15) is 11.4 Å². The molecule has 1 aromatic heterocycles. The molecule has 25 heavy (non-hydrogen) atoms. The highest BCUT2D eigenvalue weighted by atomic mass is 35.5. The number of nitrogens with zero attached hydrogens (tertiary/aromatic N) is 3. The van der Waals surface area contributed by atoms with Crippen LogP contribution in [0, 0.1) is 0 Å². The number of halogens is 3. The lowest BCUT2D eigenvalue weighted by Crippen LogP contribution is -2.04. The van der Waals surface area contributed by atoms with Crippen molar-refractivity contribution in [2.75, 3.05) is 7.11 Å². The summed E-state index contributed by atoms with van der Waals surface area (Å²) in [6.07, 6.45) is 0. The van der Waals surface area contributed by atoms with Gasteiger partial charge in [-0.05, 0) is 35.9 Å². The topological polar surface area (TPSA) is 39.9 Å². The molecule has 0 fully saturated rings. The number of hydrogen-bond donors (Lipinski definition) is 0. The van der Waals surface area contributed by atoms with Gasteiger partial charge in [-0.2, -0.15) is 0 Å². The third kappa shape index (κ3) is 4.49. The Bertz CT molecular complexity index is 885. The average molecular weight is 415 g/mol. The van der Waals surface area contributed by atoms with Gasteiger partial charge < -0.3 is 4.74 Å². The van der Waals surface area contributed by atoms with E-state index in [2.05, 4.69) is 10.2 Å². The SMILES string of the molecule is COCc1nnc(SCc2cccc(Cl)c2)n1-c1ccc(Cl)c(Cl)c1. The van der Waals surface area contributed by atoms with Gasteiger partial charge in [0.1, 0.15) is 6.61 Å². The minimum Gasteiger partial charge on any atom is -0.377 e. The molecule has 0 N–H and O–H groups in total. The fraction of sp³-hybridized carbons (Fsp3) is 0.176. The van der Waals surface area contributed by atoms with Crippen LogP contribution in [0.25, 0.3) is 5.69 Å². The number of methoxy groups -OCH3 is 1. The fourth-order valence-electron chi connectivity index (χ4n) is 2.27. The molecule has 0 spiro atoms. The molecule has 0 aliphatic carbocycles. The average Bonchev–Trinajstić information content (AvgIpc) is 2.99. The largest absolute Gasteiger partial charge is 0.377 e. The van der Waals surface area contributed by atoms with E-state index in [0.29, 0.717) is 33.3 Å². The zero-order chi connectivity index (χ0) is 17.8. The first-order valence-corrected chi connectivity index (χ1v) is 9.46. The molecule has 0 saturated carbocycles. The first-order chi connectivity index (χ1) is 12.1. The molecule has 0 amide bonds. The highest BCUT2D eigenvalue weighted by Gasteiger charge is 2.15. The molecule has 0 aliphatic rings. The normalized spacial score (nSPS) is 11.0. The van der Waals surface area contributed by atoms with Crippen molar-refractivity contribution in [2.45, 2.75) is 17.5 Å². The summed E-state index contributed by atoms with van der Waals surface area (Å²) in [7, 11) is 1.62. The molecule has 8 heteroatoms. The molecule has 0 atom stereocenters. The number of thioether (sulfide) groups is 1. The molecule has 3 aromatic rings. The molecule has 4 nitrogen and oxygen atoms in total. The number of ether oxygens (including phenoxy) is 1. The Morgan fingerprint density at radius 1 is 1.04 bits per heavy atom. The van der Waals surface area contributed by atoms with Crippen LogP contribution >= 0.6 is 46.6 Å². The molecule has 1 heterocycles. The van der Waals surface area contributed by atoms with E-state index in [9.17, 15) is 0 Å². The molecule has 0 unspecified atom stereocenters. The van der Waals surface area contributed by atoms with Crippen LogP contribution in [-0.2, 0) is 17.1 Å². The van der Waals surface area contributed by atoms with E-state index < -0.39 is 0 Å². The third-order valence-corrected chi connectivity index (χ3v) is 5.37. The molecular formula is C17H14Cl3N3OS.